The third-order valence-electron chi connectivity index (χ3n) is 0.208. The van der Waals surface area contributed by atoms with Crippen LogP contribution in [0.15, 0.2) is 0 Å². The molecule has 0 radical (unpaired) electrons. The summed E-state index contributed by atoms with van der Waals surface area (Å²) in [5, 5.41) is 8.88. The minimum atomic E-state index is -5.00. The van der Waals surface area contributed by atoms with Crippen molar-refractivity contribution in [2.75, 3.05) is 0 Å². The summed E-state index contributed by atoms with van der Waals surface area (Å²) < 4.78 is 35.1. The molecule has 0 aromatic carbocycles. The first-order chi connectivity index (χ1) is 3.95. The molecule has 0 aliphatic rings. The van der Waals surface area contributed by atoms with Gasteiger partial charge >= 0.3 is 80.9 Å². The molecule has 0 rings (SSSR count). The molecule has 0 amide bonds. The van der Waals surface area contributed by atoms with Crippen LogP contribution in [0.25, 0.3) is 0 Å². The summed E-state index contributed by atoms with van der Waals surface area (Å²) in [6.45, 7) is 0. The van der Waals surface area contributed by atoms with Crippen LogP contribution in [0.5, 0.6) is 0 Å². The van der Waals surface area contributed by atoms with E-state index in [-0.39, 0.29) is 80.9 Å². The third-order valence-corrected chi connectivity index (χ3v) is 0.834. The van der Waals surface area contributed by atoms with Crippen molar-refractivity contribution >= 4 is 33.4 Å². The van der Waals surface area contributed by atoms with E-state index in [2.05, 4.69) is 7.45 Å². The Labute approximate surface area is 142 Å². The van der Waals surface area contributed by atoms with E-state index in [1.54, 1.807) is 0 Å². The largest absolute Gasteiger partial charge is 1.00 e. The van der Waals surface area contributed by atoms with Gasteiger partial charge in [0.05, 0.1) is 0 Å². The Kier molecular flexibility index (Phi) is 17.3. The van der Waals surface area contributed by atoms with Crippen LogP contribution in [-0.4, -0.2) is 18.4 Å². The zero-order valence-electron chi connectivity index (χ0n) is 5.68. The second-order valence-corrected chi connectivity index (χ2v) is 2.13. The van der Waals surface area contributed by atoms with Crippen molar-refractivity contribution < 1.29 is 101 Å². The Balaban J connectivity index is -0.000000320. The predicted octanol–water partition coefficient (Wildman–Crippen LogP) is -6.53. The standard InChI is InChI=1S/HINO6S.K.Na/c1-7-2(3)8-9(4,5)6;;/h(H,4,5,6);;/q-1;2*+1/p-1. The molecule has 7 nitrogen and oxygen atoms in total. The fraction of sp³-hybridized carbons (Fsp3) is 0. The van der Waals surface area contributed by atoms with E-state index in [4.69, 9.17) is 0 Å². The maximum atomic E-state index is 9.71. The van der Waals surface area contributed by atoms with E-state index >= 15 is 0 Å². The fourth-order valence-corrected chi connectivity index (χ4v) is 0.455. The van der Waals surface area contributed by atoms with Crippen molar-refractivity contribution in [2.45, 2.75) is 0 Å². The van der Waals surface area contributed by atoms with E-state index in [1.165, 1.54) is 0 Å². The van der Waals surface area contributed by atoms with E-state index in [9.17, 15) is 18.2 Å². The summed E-state index contributed by atoms with van der Waals surface area (Å²) in [6.07, 6.45) is 0. The van der Waals surface area contributed by atoms with Gasteiger partial charge in [0.2, 0.25) is 10.4 Å². The summed E-state index contributed by atoms with van der Waals surface area (Å²) in [5.41, 5.74) is 0. The first-order valence-electron chi connectivity index (χ1n) is 1.37. The SMILES string of the molecule is O=S(=O)([O-])ON([O-])OI.[K+].[Na+]. The average Bonchev–Trinajstić information content (AvgIpc) is 1.62. The average molecular weight is 331 g/mol. The van der Waals surface area contributed by atoms with Crippen molar-refractivity contribution in [3.8, 4) is 0 Å². The van der Waals surface area contributed by atoms with Crippen molar-refractivity contribution in [1.29, 1.82) is 0 Å². The summed E-state index contributed by atoms with van der Waals surface area (Å²) in [7, 11) is -5.00. The summed E-state index contributed by atoms with van der Waals surface area (Å²) >= 11 is 1.04. The van der Waals surface area contributed by atoms with E-state index in [0.717, 1.165) is 23.0 Å². The van der Waals surface area contributed by atoms with Crippen LogP contribution in [0.4, 0.5) is 0 Å². The van der Waals surface area contributed by atoms with E-state index in [0.29, 0.717) is 0 Å². The van der Waals surface area contributed by atoms with Crippen LogP contribution in [0, 0.1) is 5.21 Å². The quantitative estimate of drug-likeness (QED) is 0.167. The number of halogens is 1. The molecule has 0 saturated heterocycles. The third kappa shape index (κ3) is 15.8. The van der Waals surface area contributed by atoms with Gasteiger partial charge in [0.1, 0.15) is 23.0 Å². The smallest absolute Gasteiger partial charge is 0.736 e. The summed E-state index contributed by atoms with van der Waals surface area (Å²) in [5.74, 6) is 0. The minimum Gasteiger partial charge on any atom is -0.736 e. The molecule has 0 fully saturated rings. The van der Waals surface area contributed by atoms with Crippen molar-refractivity contribution in [1.82, 2.24) is 5.39 Å². The second-order valence-electron chi connectivity index (χ2n) is 0.775. The normalized spacial score (nSPS) is 10.2. The molecular formula is IKNNaO6S. The topological polar surface area (TPSA) is 102 Å². The van der Waals surface area contributed by atoms with Crippen LogP contribution >= 0.6 is 23.0 Å². The maximum absolute atomic E-state index is 9.71. The Morgan fingerprint density at radius 3 is 1.91 bits per heavy atom. The molecule has 0 aliphatic heterocycles. The zero-order valence-corrected chi connectivity index (χ0v) is 13.8. The molecule has 0 atom stereocenters. The van der Waals surface area contributed by atoms with Gasteiger partial charge in [-0.25, -0.2) is 11.6 Å². The van der Waals surface area contributed by atoms with Crippen LogP contribution in [0.2, 0.25) is 0 Å². The van der Waals surface area contributed by atoms with Crippen LogP contribution < -0.4 is 80.9 Å². The molecule has 0 bridgehead atoms. The molecule has 0 unspecified atom stereocenters. The van der Waals surface area contributed by atoms with E-state index < -0.39 is 15.8 Å². The Morgan fingerprint density at radius 1 is 1.45 bits per heavy atom. The molecule has 56 valence electrons. The van der Waals surface area contributed by atoms with Crippen LogP contribution in [0.1, 0.15) is 0 Å². The van der Waals surface area contributed by atoms with Crippen LogP contribution in [-0.2, 0) is 17.8 Å². The van der Waals surface area contributed by atoms with Gasteiger partial charge in [0.25, 0.3) is 0 Å². The Morgan fingerprint density at radius 2 is 1.82 bits per heavy atom. The molecular weight excluding hydrogens is 331 g/mol. The molecule has 11 heteroatoms. The van der Waals surface area contributed by atoms with Gasteiger partial charge in [-0.05, 0) is 0 Å². The molecule has 0 N–H and O–H groups in total. The molecule has 11 heavy (non-hydrogen) atoms. The Hall–Kier alpha value is 3.12. The van der Waals surface area contributed by atoms with Crippen LogP contribution in [0.3, 0.4) is 0 Å². The van der Waals surface area contributed by atoms with Gasteiger partial charge in [-0.2, -0.15) is 4.28 Å². The van der Waals surface area contributed by atoms with E-state index in [1.807, 2.05) is 0 Å². The number of hydrogen-bond acceptors (Lipinski definition) is 7. The summed E-state index contributed by atoms with van der Waals surface area (Å²) in [4.78, 5) is 0. The van der Waals surface area contributed by atoms with Gasteiger partial charge in [0, 0.05) is 0 Å². The second kappa shape index (κ2) is 9.66. The zero-order chi connectivity index (χ0) is 7.49. The maximum Gasteiger partial charge on any atom is 1.00 e. The van der Waals surface area contributed by atoms with Gasteiger partial charge in [0.15, 0.2) is 0 Å². The molecule has 0 aromatic rings. The number of nitrogens with zero attached hydrogens (tertiary/aromatic N) is 1. The van der Waals surface area contributed by atoms with Gasteiger partial charge in [-0.15, -0.1) is 5.39 Å². The molecule has 0 saturated carbocycles. The Bertz CT molecular complexity index is 169. The molecule has 0 spiro atoms. The predicted molar refractivity (Wildman–Crippen MR) is 31.1 cm³/mol. The number of hydrogen-bond donors (Lipinski definition) is 0. The molecule has 0 aromatic heterocycles. The van der Waals surface area contributed by atoms with Gasteiger partial charge in [-0.1, -0.05) is 0 Å². The number of rotatable bonds is 3. The fourth-order valence-electron chi connectivity index (χ4n) is 0.0860. The van der Waals surface area contributed by atoms with Gasteiger partial charge < -0.3 is 9.76 Å². The minimum absolute atomic E-state index is 0. The summed E-state index contributed by atoms with van der Waals surface area (Å²) in [6, 6.07) is 0. The first kappa shape index (κ1) is 19.7. The van der Waals surface area contributed by atoms with Crippen molar-refractivity contribution in [3.05, 3.63) is 5.21 Å². The van der Waals surface area contributed by atoms with Crippen molar-refractivity contribution in [3.63, 3.8) is 0 Å². The first-order valence-corrected chi connectivity index (χ1v) is 3.58. The van der Waals surface area contributed by atoms with Crippen molar-refractivity contribution in [2.24, 2.45) is 0 Å². The van der Waals surface area contributed by atoms with Gasteiger partial charge in [-0.3, -0.25) is 0 Å². The monoisotopic (exact) mass is 331 g/mol. The molecule has 0 heterocycles. The molecule has 0 aliphatic carbocycles.